The van der Waals surface area contributed by atoms with Gasteiger partial charge in [0.15, 0.2) is 5.89 Å². The summed E-state index contributed by atoms with van der Waals surface area (Å²) < 4.78 is 5.88. The average Bonchev–Trinajstić information content (AvgIpc) is 3.23. The Kier molecular flexibility index (Phi) is 5.02. The van der Waals surface area contributed by atoms with Crippen LogP contribution < -0.4 is 5.32 Å². The quantitative estimate of drug-likeness (QED) is 0.865. The van der Waals surface area contributed by atoms with Crippen molar-refractivity contribution in [3.63, 3.8) is 0 Å². The van der Waals surface area contributed by atoms with Crippen LogP contribution >= 0.6 is 12.4 Å². The normalized spacial score (nSPS) is 19.0. The highest BCUT2D eigenvalue weighted by atomic mass is 35.5. The van der Waals surface area contributed by atoms with Crippen LogP contribution in [-0.4, -0.2) is 34.9 Å². The van der Waals surface area contributed by atoms with E-state index in [2.05, 4.69) is 22.4 Å². The van der Waals surface area contributed by atoms with Gasteiger partial charge in [0.1, 0.15) is 17.5 Å². The molecule has 2 aromatic rings. The minimum Gasteiger partial charge on any atom is -0.445 e. The molecule has 3 heterocycles. The van der Waals surface area contributed by atoms with Gasteiger partial charge in [-0.15, -0.1) is 12.4 Å². The molecule has 0 bridgehead atoms. The monoisotopic (exact) mass is 345 g/mol. The van der Waals surface area contributed by atoms with Gasteiger partial charge in [-0.05, 0) is 5.56 Å². The van der Waals surface area contributed by atoms with Gasteiger partial charge in [-0.25, -0.2) is 4.98 Å². The zero-order valence-corrected chi connectivity index (χ0v) is 14.1. The summed E-state index contributed by atoms with van der Waals surface area (Å²) in [6.07, 6.45) is 5.35. The van der Waals surface area contributed by atoms with E-state index < -0.39 is 0 Å². The van der Waals surface area contributed by atoms with Crippen molar-refractivity contribution in [2.75, 3.05) is 13.1 Å². The number of fused-ring (bicyclic) bond motifs is 1. The fourth-order valence-corrected chi connectivity index (χ4v) is 3.12. The molecular formula is C18H20ClN3O2. The van der Waals surface area contributed by atoms with Gasteiger partial charge >= 0.3 is 0 Å². The summed E-state index contributed by atoms with van der Waals surface area (Å²) in [4.78, 5) is 18.9. The van der Waals surface area contributed by atoms with Crippen LogP contribution in [0.1, 0.15) is 22.9 Å². The number of amides is 1. The minimum atomic E-state index is -0.188. The number of halogens is 1. The Morgan fingerprint density at radius 2 is 2.17 bits per heavy atom. The Hall–Kier alpha value is -2.11. The van der Waals surface area contributed by atoms with E-state index in [9.17, 15) is 4.79 Å². The summed E-state index contributed by atoms with van der Waals surface area (Å²) in [5.41, 5.74) is 2.08. The Morgan fingerprint density at radius 3 is 2.92 bits per heavy atom. The van der Waals surface area contributed by atoms with Crippen molar-refractivity contribution in [1.29, 1.82) is 0 Å². The third kappa shape index (κ3) is 3.37. The lowest BCUT2D eigenvalue weighted by molar-refractivity contribution is -0.133. The van der Waals surface area contributed by atoms with Gasteiger partial charge in [0, 0.05) is 25.9 Å². The van der Waals surface area contributed by atoms with Crippen LogP contribution in [0.4, 0.5) is 0 Å². The molecule has 5 nitrogen and oxygen atoms in total. The summed E-state index contributed by atoms with van der Waals surface area (Å²) in [7, 11) is 0. The Labute approximate surface area is 147 Å². The average molecular weight is 346 g/mol. The van der Waals surface area contributed by atoms with Gasteiger partial charge in [0.05, 0.1) is 6.54 Å². The van der Waals surface area contributed by atoms with Crippen molar-refractivity contribution in [1.82, 2.24) is 15.2 Å². The van der Waals surface area contributed by atoms with E-state index >= 15 is 0 Å². The van der Waals surface area contributed by atoms with Gasteiger partial charge in [0.2, 0.25) is 5.91 Å². The van der Waals surface area contributed by atoms with Crippen molar-refractivity contribution in [3.8, 4) is 0 Å². The molecule has 2 aliphatic rings. The first-order valence-electron chi connectivity index (χ1n) is 8.00. The number of aromatic nitrogens is 1. The summed E-state index contributed by atoms with van der Waals surface area (Å²) in [6, 6.07) is 9.97. The van der Waals surface area contributed by atoms with Gasteiger partial charge in [-0.1, -0.05) is 42.5 Å². The molecule has 1 atom stereocenters. The number of nitrogens with zero attached hydrogens (tertiary/aromatic N) is 2. The highest BCUT2D eigenvalue weighted by Gasteiger charge is 2.29. The number of benzene rings is 1. The first-order chi connectivity index (χ1) is 11.3. The second-order valence-electron chi connectivity index (χ2n) is 5.96. The zero-order valence-electron chi connectivity index (χ0n) is 13.3. The topological polar surface area (TPSA) is 58.4 Å². The zero-order chi connectivity index (χ0) is 15.6. The van der Waals surface area contributed by atoms with E-state index in [0.717, 1.165) is 30.3 Å². The molecule has 1 N–H and O–H groups in total. The summed E-state index contributed by atoms with van der Waals surface area (Å²) in [6.45, 7) is 2.00. The van der Waals surface area contributed by atoms with Gasteiger partial charge in [-0.2, -0.15) is 0 Å². The Bertz CT molecular complexity index is 742. The molecule has 0 spiro atoms. The highest BCUT2D eigenvalue weighted by molar-refractivity contribution is 5.85. The summed E-state index contributed by atoms with van der Waals surface area (Å²) in [5.74, 6) is 1.78. The second kappa shape index (κ2) is 7.20. The predicted octanol–water partition coefficient (Wildman–Crippen LogP) is 2.10. The van der Waals surface area contributed by atoms with Gasteiger partial charge in [-0.3, -0.25) is 10.1 Å². The van der Waals surface area contributed by atoms with Crippen molar-refractivity contribution in [3.05, 3.63) is 65.4 Å². The number of hydrogen-bond donors (Lipinski definition) is 1. The molecule has 0 fully saturated rings. The Morgan fingerprint density at radius 1 is 1.33 bits per heavy atom. The van der Waals surface area contributed by atoms with Crippen LogP contribution in [0.2, 0.25) is 0 Å². The smallest absolute Gasteiger partial charge is 0.244 e. The van der Waals surface area contributed by atoms with E-state index in [-0.39, 0.29) is 24.4 Å². The van der Waals surface area contributed by atoms with Crippen molar-refractivity contribution < 1.29 is 9.21 Å². The molecule has 1 amide bonds. The van der Waals surface area contributed by atoms with Crippen LogP contribution in [0.25, 0.3) is 0 Å². The van der Waals surface area contributed by atoms with Crippen LogP contribution in [0.3, 0.4) is 0 Å². The maximum atomic E-state index is 12.5. The first-order valence-corrected chi connectivity index (χ1v) is 8.00. The molecule has 2 aliphatic heterocycles. The van der Waals surface area contributed by atoms with Crippen LogP contribution in [0, 0.1) is 0 Å². The lowest BCUT2D eigenvalue weighted by Crippen LogP contribution is -2.45. The Balaban J connectivity index is 0.00000169. The molecule has 0 saturated heterocycles. The largest absolute Gasteiger partial charge is 0.445 e. The number of rotatable bonds is 3. The van der Waals surface area contributed by atoms with Gasteiger partial charge < -0.3 is 9.32 Å². The van der Waals surface area contributed by atoms with E-state index in [1.54, 1.807) is 0 Å². The minimum absolute atomic E-state index is 0. The summed E-state index contributed by atoms with van der Waals surface area (Å²) >= 11 is 0. The number of nitrogens with one attached hydrogen (secondary N) is 1. The maximum absolute atomic E-state index is 12.5. The molecule has 0 saturated carbocycles. The first kappa shape index (κ1) is 16.7. The molecular weight excluding hydrogens is 326 g/mol. The SMILES string of the molecule is Cl.O=C(C1C=CCN1)N1CCc2oc(Cc3ccccc3)nc2C1. The number of hydrogen-bond acceptors (Lipinski definition) is 4. The van der Waals surface area contributed by atoms with Crippen LogP contribution in [0.5, 0.6) is 0 Å². The molecule has 1 aromatic carbocycles. The fourth-order valence-electron chi connectivity index (χ4n) is 3.12. The third-order valence-corrected chi connectivity index (χ3v) is 4.33. The molecule has 126 valence electrons. The van der Waals surface area contributed by atoms with Gasteiger partial charge in [0.25, 0.3) is 0 Å². The maximum Gasteiger partial charge on any atom is 0.244 e. The van der Waals surface area contributed by atoms with E-state index in [1.165, 1.54) is 5.56 Å². The standard InChI is InChI=1S/C18H19N3O2.ClH/c22-18(14-7-4-9-19-14)21-10-8-16-15(12-21)20-17(23-16)11-13-5-2-1-3-6-13;/h1-7,14,19H,8-12H2;1H. The predicted molar refractivity (Wildman–Crippen MR) is 93.1 cm³/mol. The molecule has 0 radical (unpaired) electrons. The fraction of sp³-hybridized carbons (Fsp3) is 0.333. The number of carbonyl (C=O) groups is 1. The lowest BCUT2D eigenvalue weighted by Gasteiger charge is -2.27. The van der Waals surface area contributed by atoms with E-state index in [4.69, 9.17) is 4.42 Å². The highest BCUT2D eigenvalue weighted by Crippen LogP contribution is 2.22. The number of carbonyl (C=O) groups excluding carboxylic acids is 1. The molecule has 1 aromatic heterocycles. The summed E-state index contributed by atoms with van der Waals surface area (Å²) in [5, 5.41) is 3.17. The van der Waals surface area contributed by atoms with Crippen LogP contribution in [-0.2, 0) is 24.2 Å². The van der Waals surface area contributed by atoms with E-state index in [1.807, 2.05) is 35.3 Å². The molecule has 24 heavy (non-hydrogen) atoms. The number of oxazole rings is 1. The third-order valence-electron chi connectivity index (χ3n) is 4.33. The van der Waals surface area contributed by atoms with Crippen LogP contribution in [0.15, 0.2) is 46.9 Å². The molecule has 4 rings (SSSR count). The second-order valence-corrected chi connectivity index (χ2v) is 5.96. The molecule has 1 unspecified atom stereocenters. The van der Waals surface area contributed by atoms with Crippen molar-refractivity contribution in [2.45, 2.75) is 25.4 Å². The lowest BCUT2D eigenvalue weighted by atomic mass is 10.1. The molecule has 6 heteroatoms. The van der Waals surface area contributed by atoms with Crippen molar-refractivity contribution in [2.24, 2.45) is 0 Å². The van der Waals surface area contributed by atoms with E-state index in [0.29, 0.717) is 19.5 Å². The molecule has 0 aliphatic carbocycles. The van der Waals surface area contributed by atoms with Crippen molar-refractivity contribution >= 4 is 18.3 Å².